The highest BCUT2D eigenvalue weighted by Crippen LogP contribution is 2.25. The summed E-state index contributed by atoms with van der Waals surface area (Å²) in [6.45, 7) is -0.243. The van der Waals surface area contributed by atoms with Crippen LogP contribution in [0, 0.1) is 0 Å². The number of rotatable bonds is 5. The molecule has 0 aliphatic rings. The molecule has 2 atom stereocenters. The van der Waals surface area contributed by atoms with E-state index in [0.717, 1.165) is 0 Å². The molecule has 2 rings (SSSR count). The first-order chi connectivity index (χ1) is 10.1. The molecular formula is C13H14N4O4. The van der Waals surface area contributed by atoms with Gasteiger partial charge >= 0.3 is 5.97 Å². The van der Waals surface area contributed by atoms with E-state index in [9.17, 15) is 15.0 Å². The van der Waals surface area contributed by atoms with Gasteiger partial charge in [-0.2, -0.15) is 0 Å². The van der Waals surface area contributed by atoms with E-state index >= 15 is 0 Å². The van der Waals surface area contributed by atoms with Crippen molar-refractivity contribution in [2.45, 2.75) is 12.2 Å². The molecule has 0 radical (unpaired) electrons. The molecule has 0 saturated carbocycles. The van der Waals surface area contributed by atoms with Crippen LogP contribution in [0.25, 0.3) is 21.3 Å². The van der Waals surface area contributed by atoms with Gasteiger partial charge in [0.25, 0.3) is 0 Å². The van der Waals surface area contributed by atoms with Crippen LogP contribution in [-0.2, 0) is 4.74 Å². The lowest BCUT2D eigenvalue weighted by molar-refractivity contribution is 0.0245. The number of nitrogens with one attached hydrogen (secondary N) is 1. The molecule has 0 fully saturated rings. The summed E-state index contributed by atoms with van der Waals surface area (Å²) in [5, 5.41) is 23.6. The van der Waals surface area contributed by atoms with E-state index in [1.807, 2.05) is 0 Å². The number of hydrogen-bond donors (Lipinski definition) is 3. The topological polar surface area (TPSA) is 131 Å². The first-order valence-electron chi connectivity index (χ1n) is 6.14. The normalized spacial score (nSPS) is 13.5. The number of aromatic amines is 1. The first-order valence-corrected chi connectivity index (χ1v) is 6.14. The average Bonchev–Trinajstić information content (AvgIpc) is 2.93. The molecule has 2 unspecified atom stereocenters. The Labute approximate surface area is 119 Å². The van der Waals surface area contributed by atoms with E-state index in [0.29, 0.717) is 22.0 Å². The van der Waals surface area contributed by atoms with Gasteiger partial charge < -0.3 is 19.9 Å². The molecule has 8 heteroatoms. The second kappa shape index (κ2) is 6.27. The second-order valence-electron chi connectivity index (χ2n) is 4.42. The third kappa shape index (κ3) is 2.97. The molecule has 1 aromatic carbocycles. The number of fused-ring (bicyclic) bond motifs is 1. The van der Waals surface area contributed by atoms with E-state index < -0.39 is 18.2 Å². The van der Waals surface area contributed by atoms with E-state index in [2.05, 4.69) is 19.7 Å². The molecule has 1 aromatic heterocycles. The highest BCUT2D eigenvalue weighted by molar-refractivity contribution is 6.04. The van der Waals surface area contributed by atoms with Crippen molar-refractivity contribution in [3.05, 3.63) is 46.0 Å². The summed E-state index contributed by atoms with van der Waals surface area (Å²) in [6.07, 6.45) is -0.928. The molecule has 0 amide bonds. The fourth-order valence-electron chi connectivity index (χ4n) is 2.04. The van der Waals surface area contributed by atoms with Gasteiger partial charge in [-0.15, -0.1) is 0 Å². The molecule has 2 aromatic rings. The van der Waals surface area contributed by atoms with Gasteiger partial charge in [0.1, 0.15) is 6.10 Å². The van der Waals surface area contributed by atoms with Crippen LogP contribution in [0.2, 0.25) is 0 Å². The molecule has 1 heterocycles. The van der Waals surface area contributed by atoms with E-state index in [-0.39, 0.29) is 6.54 Å². The number of nitrogens with zero attached hydrogens (tertiary/aromatic N) is 3. The quantitative estimate of drug-likeness (QED) is 0.334. The number of carbonyl (C=O) groups excluding carboxylic acids is 1. The Morgan fingerprint density at radius 3 is 2.95 bits per heavy atom. The number of aliphatic hydroxyl groups excluding tert-OH is 2. The number of esters is 1. The SMILES string of the molecule is COC(=O)c1c[nH]c2ccc(C(O)C(O)CN=[N+]=[N-])cc12. The number of H-pyrrole nitrogens is 1. The number of methoxy groups -OCH3 is 1. The standard InChI is InChI=1S/C13H14N4O4/c1-21-13(20)9-5-15-10-3-2-7(4-8(9)10)12(19)11(18)6-16-17-14/h2-5,11-12,15,18-19H,6H2,1H3. The van der Waals surface area contributed by atoms with Crippen molar-refractivity contribution in [3.8, 4) is 0 Å². The Morgan fingerprint density at radius 1 is 1.52 bits per heavy atom. The zero-order valence-electron chi connectivity index (χ0n) is 11.2. The fraction of sp³-hybridized carbons (Fsp3) is 0.308. The van der Waals surface area contributed by atoms with Crippen molar-refractivity contribution in [1.29, 1.82) is 0 Å². The maximum atomic E-state index is 11.6. The van der Waals surface area contributed by atoms with Gasteiger partial charge in [-0.3, -0.25) is 0 Å². The van der Waals surface area contributed by atoms with Gasteiger partial charge in [-0.05, 0) is 23.2 Å². The largest absolute Gasteiger partial charge is 0.465 e. The van der Waals surface area contributed by atoms with E-state index in [1.165, 1.54) is 13.3 Å². The van der Waals surface area contributed by atoms with Crippen molar-refractivity contribution in [3.63, 3.8) is 0 Å². The number of aliphatic hydroxyl groups is 2. The molecule has 110 valence electrons. The number of carbonyl (C=O) groups is 1. The monoisotopic (exact) mass is 290 g/mol. The van der Waals surface area contributed by atoms with Gasteiger partial charge in [0, 0.05) is 22.0 Å². The third-order valence-electron chi connectivity index (χ3n) is 3.15. The third-order valence-corrected chi connectivity index (χ3v) is 3.15. The highest BCUT2D eigenvalue weighted by Gasteiger charge is 2.20. The lowest BCUT2D eigenvalue weighted by Crippen LogP contribution is -2.21. The van der Waals surface area contributed by atoms with Crippen molar-refractivity contribution >= 4 is 16.9 Å². The summed E-state index contributed by atoms with van der Waals surface area (Å²) in [4.78, 5) is 17.1. The van der Waals surface area contributed by atoms with Gasteiger partial charge in [0.15, 0.2) is 0 Å². The Bertz CT molecular complexity index is 705. The highest BCUT2D eigenvalue weighted by atomic mass is 16.5. The van der Waals surface area contributed by atoms with Gasteiger partial charge in [-0.25, -0.2) is 4.79 Å². The van der Waals surface area contributed by atoms with Crippen LogP contribution < -0.4 is 0 Å². The van der Waals surface area contributed by atoms with Crippen molar-refractivity contribution in [2.24, 2.45) is 5.11 Å². The molecule has 0 saturated heterocycles. The summed E-state index contributed by atoms with van der Waals surface area (Å²) in [5.74, 6) is -0.498. The Balaban J connectivity index is 2.37. The van der Waals surface area contributed by atoms with Crippen LogP contribution in [-0.4, -0.2) is 40.9 Å². The van der Waals surface area contributed by atoms with Crippen LogP contribution in [0.4, 0.5) is 0 Å². The molecule has 0 bridgehead atoms. The smallest absolute Gasteiger partial charge is 0.340 e. The maximum absolute atomic E-state index is 11.6. The lowest BCUT2D eigenvalue weighted by atomic mass is 10.0. The minimum atomic E-state index is -1.22. The number of azide groups is 1. The number of ether oxygens (including phenoxy) is 1. The van der Waals surface area contributed by atoms with Crippen LogP contribution in [0.5, 0.6) is 0 Å². The number of aromatic nitrogens is 1. The van der Waals surface area contributed by atoms with Gasteiger partial charge in [0.2, 0.25) is 0 Å². The first kappa shape index (κ1) is 14.9. The minimum Gasteiger partial charge on any atom is -0.465 e. The Morgan fingerprint density at radius 2 is 2.29 bits per heavy atom. The van der Waals surface area contributed by atoms with Crippen LogP contribution in [0.3, 0.4) is 0 Å². The summed E-state index contributed by atoms with van der Waals surface area (Å²) in [7, 11) is 1.28. The van der Waals surface area contributed by atoms with Crippen molar-refractivity contribution in [1.82, 2.24) is 4.98 Å². The average molecular weight is 290 g/mol. The second-order valence-corrected chi connectivity index (χ2v) is 4.42. The molecule has 0 aliphatic heterocycles. The zero-order valence-corrected chi connectivity index (χ0v) is 11.2. The molecule has 0 aliphatic carbocycles. The van der Waals surface area contributed by atoms with Crippen LogP contribution >= 0.6 is 0 Å². The summed E-state index contributed by atoms with van der Waals surface area (Å²) >= 11 is 0. The molecular weight excluding hydrogens is 276 g/mol. The molecule has 8 nitrogen and oxygen atoms in total. The fourth-order valence-corrected chi connectivity index (χ4v) is 2.04. The Kier molecular flexibility index (Phi) is 4.44. The molecule has 0 spiro atoms. The van der Waals surface area contributed by atoms with Crippen molar-refractivity contribution in [2.75, 3.05) is 13.7 Å². The molecule has 3 N–H and O–H groups in total. The zero-order chi connectivity index (χ0) is 15.4. The number of benzene rings is 1. The van der Waals surface area contributed by atoms with E-state index in [1.54, 1.807) is 18.2 Å². The van der Waals surface area contributed by atoms with Gasteiger partial charge in [0.05, 0.1) is 25.3 Å². The summed E-state index contributed by atoms with van der Waals surface area (Å²) in [6, 6.07) is 4.88. The molecule has 21 heavy (non-hydrogen) atoms. The lowest BCUT2D eigenvalue weighted by Gasteiger charge is -2.16. The van der Waals surface area contributed by atoms with Gasteiger partial charge in [-0.1, -0.05) is 11.2 Å². The summed E-state index contributed by atoms with van der Waals surface area (Å²) < 4.78 is 4.68. The van der Waals surface area contributed by atoms with Crippen LogP contribution in [0.15, 0.2) is 29.5 Å². The predicted octanol–water partition coefficient (Wildman–Crippen LogP) is 1.66. The van der Waals surface area contributed by atoms with Crippen molar-refractivity contribution < 1.29 is 19.7 Å². The number of hydrogen-bond acceptors (Lipinski definition) is 5. The van der Waals surface area contributed by atoms with E-state index in [4.69, 9.17) is 5.53 Å². The Hall–Kier alpha value is -2.54. The van der Waals surface area contributed by atoms with Crippen LogP contribution in [0.1, 0.15) is 22.0 Å². The predicted molar refractivity (Wildman–Crippen MR) is 74.6 cm³/mol. The minimum absolute atomic E-state index is 0.243. The maximum Gasteiger partial charge on any atom is 0.340 e. The summed E-state index contributed by atoms with van der Waals surface area (Å²) in [5.41, 5.74) is 9.67.